The summed E-state index contributed by atoms with van der Waals surface area (Å²) in [5, 5.41) is 1.05. The van der Waals surface area contributed by atoms with E-state index in [-0.39, 0.29) is 0 Å². The van der Waals surface area contributed by atoms with Crippen LogP contribution in [0.2, 0.25) is 0 Å². The van der Waals surface area contributed by atoms with Crippen molar-refractivity contribution in [2.75, 3.05) is 42.6 Å². The van der Waals surface area contributed by atoms with Crippen molar-refractivity contribution in [2.45, 2.75) is 39.0 Å². The largest absolute Gasteiger partial charge is 0.347 e. The van der Waals surface area contributed by atoms with Crippen molar-refractivity contribution < 1.29 is 4.79 Å². The first-order valence-electron chi connectivity index (χ1n) is 8.57. The standard InChI is InChI=1S/C16H26N4OS2/c1-12(2)15-17-16(23-18-15)20-5-3-13(4-6-20)11-14(21)19-7-9-22-10-8-19/h12-13H,3-11H2,1-2H3. The van der Waals surface area contributed by atoms with E-state index in [4.69, 9.17) is 0 Å². The van der Waals surface area contributed by atoms with Gasteiger partial charge in [-0.15, -0.1) is 0 Å². The molecule has 2 aliphatic rings. The number of aromatic nitrogens is 2. The zero-order valence-electron chi connectivity index (χ0n) is 14.0. The second-order valence-electron chi connectivity index (χ2n) is 6.72. The van der Waals surface area contributed by atoms with E-state index in [0.717, 1.165) is 67.9 Å². The van der Waals surface area contributed by atoms with Crippen LogP contribution >= 0.6 is 23.3 Å². The topological polar surface area (TPSA) is 49.3 Å². The van der Waals surface area contributed by atoms with Gasteiger partial charge in [0.15, 0.2) is 0 Å². The van der Waals surface area contributed by atoms with Crippen molar-refractivity contribution in [3.05, 3.63) is 5.82 Å². The van der Waals surface area contributed by atoms with Crippen LogP contribution in [0.5, 0.6) is 0 Å². The Morgan fingerprint density at radius 3 is 2.52 bits per heavy atom. The number of carbonyl (C=O) groups is 1. The van der Waals surface area contributed by atoms with Gasteiger partial charge in [-0.05, 0) is 18.8 Å². The van der Waals surface area contributed by atoms with Gasteiger partial charge >= 0.3 is 0 Å². The Kier molecular flexibility index (Phi) is 5.80. The summed E-state index contributed by atoms with van der Waals surface area (Å²) in [6, 6.07) is 0. The monoisotopic (exact) mass is 354 g/mol. The Balaban J connectivity index is 1.47. The number of thioether (sulfide) groups is 1. The molecule has 0 N–H and O–H groups in total. The van der Waals surface area contributed by atoms with Gasteiger partial charge in [0, 0.05) is 61.6 Å². The first kappa shape index (κ1) is 17.0. The molecule has 0 atom stereocenters. The first-order valence-corrected chi connectivity index (χ1v) is 10.5. The minimum atomic E-state index is 0.363. The van der Waals surface area contributed by atoms with Crippen LogP contribution in [0.3, 0.4) is 0 Å². The van der Waals surface area contributed by atoms with Crippen LogP contribution in [0.25, 0.3) is 0 Å². The number of anilines is 1. The van der Waals surface area contributed by atoms with Crippen molar-refractivity contribution in [3.8, 4) is 0 Å². The van der Waals surface area contributed by atoms with Gasteiger partial charge in [0.05, 0.1) is 0 Å². The lowest BCUT2D eigenvalue weighted by atomic mass is 9.93. The smallest absolute Gasteiger partial charge is 0.222 e. The molecule has 2 saturated heterocycles. The average Bonchev–Trinajstić information content (AvgIpc) is 3.07. The van der Waals surface area contributed by atoms with Gasteiger partial charge in [-0.3, -0.25) is 4.79 Å². The normalized spacial score (nSPS) is 20.3. The zero-order chi connectivity index (χ0) is 16.2. The third kappa shape index (κ3) is 4.38. The van der Waals surface area contributed by atoms with E-state index in [1.165, 1.54) is 11.5 Å². The van der Waals surface area contributed by atoms with Crippen LogP contribution < -0.4 is 4.90 Å². The van der Waals surface area contributed by atoms with E-state index in [1.807, 2.05) is 11.8 Å². The molecule has 23 heavy (non-hydrogen) atoms. The van der Waals surface area contributed by atoms with Gasteiger partial charge < -0.3 is 9.80 Å². The molecule has 128 valence electrons. The molecule has 3 heterocycles. The van der Waals surface area contributed by atoms with Crippen LogP contribution in [-0.2, 0) is 4.79 Å². The summed E-state index contributed by atoms with van der Waals surface area (Å²) in [6.07, 6.45) is 2.90. The minimum absolute atomic E-state index is 0.363. The summed E-state index contributed by atoms with van der Waals surface area (Å²) >= 11 is 3.46. The quantitative estimate of drug-likeness (QED) is 0.832. The van der Waals surface area contributed by atoms with E-state index < -0.39 is 0 Å². The van der Waals surface area contributed by atoms with Crippen molar-refractivity contribution in [1.29, 1.82) is 0 Å². The second-order valence-corrected chi connectivity index (χ2v) is 8.67. The Labute approximate surface area is 147 Å². The molecule has 0 aliphatic carbocycles. The molecule has 0 unspecified atom stereocenters. The number of rotatable bonds is 4. The predicted octanol–water partition coefficient (Wildman–Crippen LogP) is 2.84. The Hall–Kier alpha value is -0.820. The van der Waals surface area contributed by atoms with Crippen LogP contribution in [0, 0.1) is 5.92 Å². The van der Waals surface area contributed by atoms with Gasteiger partial charge in [0.25, 0.3) is 0 Å². The minimum Gasteiger partial charge on any atom is -0.347 e. The molecule has 3 rings (SSSR count). The maximum absolute atomic E-state index is 12.4. The molecule has 7 heteroatoms. The van der Waals surface area contributed by atoms with Crippen molar-refractivity contribution in [2.24, 2.45) is 5.92 Å². The van der Waals surface area contributed by atoms with Crippen LogP contribution in [0.15, 0.2) is 0 Å². The van der Waals surface area contributed by atoms with E-state index >= 15 is 0 Å². The van der Waals surface area contributed by atoms with Gasteiger partial charge in [0.2, 0.25) is 11.0 Å². The summed E-state index contributed by atoms with van der Waals surface area (Å²) < 4.78 is 4.45. The van der Waals surface area contributed by atoms with Gasteiger partial charge in [0.1, 0.15) is 5.82 Å². The highest BCUT2D eigenvalue weighted by Gasteiger charge is 2.26. The molecule has 0 radical (unpaired) electrons. The van der Waals surface area contributed by atoms with E-state index in [0.29, 0.717) is 17.7 Å². The zero-order valence-corrected chi connectivity index (χ0v) is 15.7. The highest BCUT2D eigenvalue weighted by Crippen LogP contribution is 2.28. The fraction of sp³-hybridized carbons (Fsp3) is 0.812. The average molecular weight is 355 g/mol. The molecule has 1 aromatic heterocycles. The highest BCUT2D eigenvalue weighted by atomic mass is 32.2. The van der Waals surface area contributed by atoms with Crippen molar-refractivity contribution >= 4 is 34.3 Å². The van der Waals surface area contributed by atoms with Gasteiger partial charge in [-0.1, -0.05) is 13.8 Å². The summed E-state index contributed by atoms with van der Waals surface area (Å²) in [5.74, 6) is 4.43. The maximum atomic E-state index is 12.4. The second kappa shape index (κ2) is 7.83. The van der Waals surface area contributed by atoms with Crippen molar-refractivity contribution in [3.63, 3.8) is 0 Å². The number of hydrogen-bond donors (Lipinski definition) is 0. The van der Waals surface area contributed by atoms with E-state index in [1.54, 1.807) is 0 Å². The molecule has 1 amide bonds. The third-order valence-electron chi connectivity index (χ3n) is 4.66. The van der Waals surface area contributed by atoms with Crippen molar-refractivity contribution in [1.82, 2.24) is 14.3 Å². The van der Waals surface area contributed by atoms with Crippen LogP contribution in [-0.4, -0.2) is 57.8 Å². The molecule has 0 aromatic carbocycles. The first-order chi connectivity index (χ1) is 11.1. The number of nitrogens with zero attached hydrogens (tertiary/aromatic N) is 4. The van der Waals surface area contributed by atoms with E-state index in [2.05, 4.69) is 33.0 Å². The highest BCUT2D eigenvalue weighted by molar-refractivity contribution is 7.99. The van der Waals surface area contributed by atoms with Crippen LogP contribution in [0.4, 0.5) is 5.13 Å². The summed E-state index contributed by atoms with van der Waals surface area (Å²) in [4.78, 5) is 21.4. The SMILES string of the molecule is CC(C)c1nsc(N2CCC(CC(=O)N3CCSCC3)CC2)n1. The molecule has 0 bridgehead atoms. The van der Waals surface area contributed by atoms with Gasteiger partial charge in [-0.25, -0.2) is 4.98 Å². The van der Waals surface area contributed by atoms with E-state index in [9.17, 15) is 4.79 Å². The maximum Gasteiger partial charge on any atom is 0.222 e. The molecule has 2 fully saturated rings. The fourth-order valence-electron chi connectivity index (χ4n) is 3.11. The van der Waals surface area contributed by atoms with Gasteiger partial charge in [-0.2, -0.15) is 16.1 Å². The lowest BCUT2D eigenvalue weighted by Gasteiger charge is -2.33. The molecular formula is C16H26N4OS2. The van der Waals surface area contributed by atoms with Crippen LogP contribution in [0.1, 0.15) is 44.9 Å². The number of piperidine rings is 1. The Bertz CT molecular complexity index is 520. The molecule has 2 aliphatic heterocycles. The lowest BCUT2D eigenvalue weighted by molar-refractivity contribution is -0.132. The number of hydrogen-bond acceptors (Lipinski definition) is 6. The molecular weight excluding hydrogens is 328 g/mol. The third-order valence-corrected chi connectivity index (χ3v) is 6.39. The Morgan fingerprint density at radius 2 is 1.91 bits per heavy atom. The lowest BCUT2D eigenvalue weighted by Crippen LogP contribution is -2.40. The molecule has 0 spiro atoms. The summed E-state index contributed by atoms with van der Waals surface area (Å²) in [7, 11) is 0. The molecule has 0 saturated carbocycles. The molecule has 5 nitrogen and oxygen atoms in total. The number of carbonyl (C=O) groups excluding carboxylic acids is 1. The molecule has 1 aromatic rings. The number of amides is 1. The summed E-state index contributed by atoms with van der Waals surface area (Å²) in [6.45, 7) is 8.13. The predicted molar refractivity (Wildman–Crippen MR) is 97.5 cm³/mol. The fourth-order valence-corrected chi connectivity index (χ4v) is 4.87. The summed E-state index contributed by atoms with van der Waals surface area (Å²) in [5.41, 5.74) is 0. The Morgan fingerprint density at radius 1 is 1.22 bits per heavy atom.